The van der Waals surface area contributed by atoms with Gasteiger partial charge in [0.05, 0.1) is 31.4 Å². The number of rotatable bonds is 10. The summed E-state index contributed by atoms with van der Waals surface area (Å²) in [6.07, 6.45) is 13.7. The van der Waals surface area contributed by atoms with Gasteiger partial charge in [-0.3, -0.25) is 19.7 Å². The van der Waals surface area contributed by atoms with Gasteiger partial charge in [-0.15, -0.1) is 12.8 Å². The molecule has 1 aliphatic heterocycles. The smallest absolute Gasteiger partial charge is 0.339 e. The molecule has 0 aliphatic carbocycles. The number of ether oxygens (including phenoxy) is 4. The molecular formula is C47H51N5O10. The van der Waals surface area contributed by atoms with Gasteiger partial charge in [-0.2, -0.15) is 0 Å². The van der Waals surface area contributed by atoms with Crippen LogP contribution in [0.4, 0.5) is 0 Å². The van der Waals surface area contributed by atoms with E-state index in [4.69, 9.17) is 28.1 Å². The molecule has 1 unspecified atom stereocenters. The third-order valence-electron chi connectivity index (χ3n) is 9.35. The van der Waals surface area contributed by atoms with E-state index in [1.807, 2.05) is 66.9 Å². The van der Waals surface area contributed by atoms with Crippen LogP contribution in [0.3, 0.4) is 0 Å². The number of terminal acetylenes is 2. The lowest BCUT2D eigenvalue weighted by molar-refractivity contribution is -0.143. The molecule has 0 bridgehead atoms. The van der Waals surface area contributed by atoms with Gasteiger partial charge in [-0.05, 0) is 53.1 Å². The number of methoxy groups -OCH3 is 2. The predicted molar refractivity (Wildman–Crippen MR) is 237 cm³/mol. The first-order valence-electron chi connectivity index (χ1n) is 18.3. The summed E-state index contributed by atoms with van der Waals surface area (Å²) in [5.74, 6) is 2.82. The maximum atomic E-state index is 12.3. The van der Waals surface area contributed by atoms with E-state index in [0.29, 0.717) is 35.8 Å². The largest absolute Gasteiger partial charge is 0.468 e. The minimum absolute atomic E-state index is 0. The molecule has 15 nitrogen and oxygen atoms in total. The first-order valence-corrected chi connectivity index (χ1v) is 18.3. The number of aromatic amines is 2. The van der Waals surface area contributed by atoms with Crippen molar-refractivity contribution in [3.63, 3.8) is 0 Å². The van der Waals surface area contributed by atoms with Crippen LogP contribution >= 0.6 is 0 Å². The van der Waals surface area contributed by atoms with Gasteiger partial charge in [-0.1, -0.05) is 79.9 Å². The van der Waals surface area contributed by atoms with E-state index < -0.39 is 24.0 Å². The average molecular weight is 846 g/mol. The molecule has 324 valence electrons. The Labute approximate surface area is 359 Å². The van der Waals surface area contributed by atoms with Crippen LogP contribution in [0, 0.1) is 24.7 Å². The maximum absolute atomic E-state index is 12.3. The maximum Gasteiger partial charge on any atom is 0.339 e. The van der Waals surface area contributed by atoms with Crippen molar-refractivity contribution < 1.29 is 48.4 Å². The zero-order valence-corrected chi connectivity index (χ0v) is 33.6. The molecule has 0 fully saturated rings. The lowest BCUT2D eigenvalue weighted by Crippen LogP contribution is -2.45. The van der Waals surface area contributed by atoms with Crippen molar-refractivity contribution in [3.05, 3.63) is 142 Å². The number of hydrogen-bond donors (Lipinski definition) is 5. The molecule has 10 N–H and O–H groups in total. The number of carbonyl (C=O) groups is 5. The molecule has 62 heavy (non-hydrogen) atoms. The molecule has 1 aliphatic rings. The highest BCUT2D eigenvalue weighted by atomic mass is 16.5. The number of para-hydroxylation sites is 2. The Hall–Kier alpha value is -7.53. The molecule has 3 atom stereocenters. The quantitative estimate of drug-likeness (QED) is 0.0516. The highest BCUT2D eigenvalue weighted by Crippen LogP contribution is 2.35. The van der Waals surface area contributed by atoms with Gasteiger partial charge < -0.3 is 46.3 Å². The average Bonchev–Trinajstić information content (AvgIpc) is 3.88. The minimum atomic E-state index is -0.607. The van der Waals surface area contributed by atoms with Crippen LogP contribution in [0.5, 0.6) is 0 Å². The van der Waals surface area contributed by atoms with Crippen molar-refractivity contribution in [2.75, 3.05) is 27.4 Å². The van der Waals surface area contributed by atoms with Crippen LogP contribution < -0.4 is 17.2 Å². The standard InChI is InChI=1S/C23H20N2O4.C12H14N2O2.C11H8O3.CH4.H3N.H2O/c1-3-12-29-22(26)15-10-8-14(9-11-15)20-21-17(13-19(25-20)23(27)28-2)16-6-4-5-7-18(16)24-21;1-16-12(15)10(13)6-8-7-14-11-5-3-2-4-9(8)11;1-2-7-14-11(13)10-5-3-9(8-12)4-6-10;;;/h1,4-11,19-20,24-25H,12-13H2,2H3;2-5,7,10,14H,6,13H2,1H3;1,3-6,8H,7H2;1H4;1H3;1H2/t19-,20?;10-;;;;/m00..../s1. The summed E-state index contributed by atoms with van der Waals surface area (Å²) in [5.41, 5.74) is 13.2. The van der Waals surface area contributed by atoms with Crippen molar-refractivity contribution >= 4 is 52.0 Å². The van der Waals surface area contributed by atoms with Gasteiger partial charge >= 0.3 is 23.9 Å². The number of carbonyl (C=O) groups excluding carboxylic acids is 5. The fourth-order valence-electron chi connectivity index (χ4n) is 6.45. The Balaban J connectivity index is 0.000000342. The van der Waals surface area contributed by atoms with Crippen LogP contribution in [0.15, 0.2) is 103 Å². The highest BCUT2D eigenvalue weighted by molar-refractivity contribution is 5.91. The van der Waals surface area contributed by atoms with Crippen molar-refractivity contribution in [2.24, 2.45) is 5.73 Å². The van der Waals surface area contributed by atoms with Gasteiger partial charge in [0.15, 0.2) is 13.2 Å². The molecule has 0 spiro atoms. The van der Waals surface area contributed by atoms with Crippen LogP contribution in [0.2, 0.25) is 0 Å². The summed E-state index contributed by atoms with van der Waals surface area (Å²) in [6.45, 7) is -0.113. The van der Waals surface area contributed by atoms with Crippen LogP contribution in [0.1, 0.15) is 66.9 Å². The second kappa shape index (κ2) is 24.5. The molecule has 15 heteroatoms. The third-order valence-corrected chi connectivity index (χ3v) is 9.35. The zero-order chi connectivity index (χ0) is 42.3. The molecule has 4 aromatic carbocycles. The van der Waals surface area contributed by atoms with Crippen molar-refractivity contribution in [2.45, 2.75) is 38.4 Å². The first-order chi connectivity index (χ1) is 28.6. The van der Waals surface area contributed by atoms with Crippen molar-refractivity contribution in [3.8, 4) is 24.7 Å². The number of fused-ring (bicyclic) bond motifs is 4. The number of benzene rings is 4. The summed E-state index contributed by atoms with van der Waals surface area (Å²) >= 11 is 0. The number of aldehydes is 1. The predicted octanol–water partition coefficient (Wildman–Crippen LogP) is 5.21. The normalized spacial score (nSPS) is 13.6. The van der Waals surface area contributed by atoms with Gasteiger partial charge in [0.2, 0.25) is 0 Å². The summed E-state index contributed by atoms with van der Waals surface area (Å²) < 4.78 is 19.2. The Morgan fingerprint density at radius 1 is 0.806 bits per heavy atom. The molecule has 0 radical (unpaired) electrons. The number of aromatic nitrogens is 2. The van der Waals surface area contributed by atoms with Crippen LogP contribution in [0.25, 0.3) is 21.8 Å². The Kier molecular flexibility index (Phi) is 20.0. The molecule has 0 saturated carbocycles. The fourth-order valence-corrected chi connectivity index (χ4v) is 6.45. The summed E-state index contributed by atoms with van der Waals surface area (Å²) in [4.78, 5) is 63.6. The van der Waals surface area contributed by atoms with Crippen LogP contribution in [-0.2, 0) is 41.4 Å². The summed E-state index contributed by atoms with van der Waals surface area (Å²) in [7, 11) is 2.73. The highest BCUT2D eigenvalue weighted by Gasteiger charge is 2.34. The number of H-pyrrole nitrogens is 2. The lowest BCUT2D eigenvalue weighted by Gasteiger charge is -2.30. The molecule has 6 aromatic rings. The number of esters is 4. The minimum Gasteiger partial charge on any atom is -0.468 e. The third kappa shape index (κ3) is 12.5. The Morgan fingerprint density at radius 2 is 1.35 bits per heavy atom. The summed E-state index contributed by atoms with van der Waals surface area (Å²) in [6, 6.07) is 27.8. The summed E-state index contributed by atoms with van der Waals surface area (Å²) in [5, 5.41) is 5.57. The topological polar surface area (TPSA) is 258 Å². The van der Waals surface area contributed by atoms with E-state index in [9.17, 15) is 24.0 Å². The zero-order valence-electron chi connectivity index (χ0n) is 33.6. The monoisotopic (exact) mass is 845 g/mol. The van der Waals surface area contributed by atoms with E-state index in [0.717, 1.165) is 44.2 Å². The van der Waals surface area contributed by atoms with E-state index in [-0.39, 0.29) is 50.2 Å². The van der Waals surface area contributed by atoms with Gasteiger partial charge in [0.1, 0.15) is 18.4 Å². The van der Waals surface area contributed by atoms with E-state index >= 15 is 0 Å². The number of hydrogen-bond acceptors (Lipinski definition) is 12. The second-order valence-corrected chi connectivity index (χ2v) is 13.1. The van der Waals surface area contributed by atoms with Gasteiger partial charge in [0, 0.05) is 52.1 Å². The molecule has 7 rings (SSSR count). The molecule has 2 aromatic heterocycles. The first kappa shape index (κ1) is 50.6. The van der Waals surface area contributed by atoms with E-state index in [1.54, 1.807) is 24.3 Å². The molecule has 0 amide bonds. The number of nitrogens with one attached hydrogen (secondary N) is 3. The molecule has 0 saturated heterocycles. The second-order valence-electron chi connectivity index (χ2n) is 13.1. The lowest BCUT2D eigenvalue weighted by atomic mass is 9.90. The SMILES string of the molecule is C.C#CCOC(=O)c1ccc(C2N[C@H](C(=O)OC)Cc3c2[nH]c2ccccc32)cc1.C#CCOC(=O)c1ccc(C=O)cc1.COC(=O)[C@@H](N)Cc1c[nH]c2ccccc12.N.O. The fraction of sp³-hybridized carbons (Fsp3) is 0.213. The van der Waals surface area contributed by atoms with Gasteiger partial charge in [0.25, 0.3) is 0 Å². The van der Waals surface area contributed by atoms with Gasteiger partial charge in [-0.25, -0.2) is 9.59 Å². The van der Waals surface area contributed by atoms with E-state index in [1.165, 1.54) is 26.4 Å². The Bertz CT molecular complexity index is 2510. The number of nitrogens with two attached hydrogens (primary N) is 1. The molecular weight excluding hydrogens is 795 g/mol. The Morgan fingerprint density at radius 3 is 1.90 bits per heavy atom. The van der Waals surface area contributed by atoms with E-state index in [2.05, 4.69) is 36.6 Å². The molecule has 3 heterocycles. The van der Waals surface area contributed by atoms with Crippen molar-refractivity contribution in [1.29, 1.82) is 0 Å². The van der Waals surface area contributed by atoms with Crippen LogP contribution in [-0.4, -0.2) is 85.1 Å². The van der Waals surface area contributed by atoms with Crippen molar-refractivity contribution in [1.82, 2.24) is 21.4 Å².